The van der Waals surface area contributed by atoms with Crippen LogP contribution >= 0.6 is 34.2 Å². The van der Waals surface area contributed by atoms with Gasteiger partial charge < -0.3 is 0 Å². The van der Waals surface area contributed by atoms with Crippen molar-refractivity contribution in [3.63, 3.8) is 0 Å². The molecule has 3 nitrogen and oxygen atoms in total. The summed E-state index contributed by atoms with van der Waals surface area (Å²) in [6, 6.07) is 3.94. The van der Waals surface area contributed by atoms with E-state index in [1.807, 2.05) is 19.1 Å². The SMILES string of the molecule is Cc1ccnc(-c2nc(Cl)c(I)c(C3CC3)n2)c1. The van der Waals surface area contributed by atoms with Crippen LogP contribution in [0.5, 0.6) is 0 Å². The molecule has 0 unspecified atom stereocenters. The lowest BCUT2D eigenvalue weighted by atomic mass is 10.2. The Morgan fingerprint density at radius 3 is 2.78 bits per heavy atom. The fourth-order valence-corrected chi connectivity index (χ4v) is 2.69. The summed E-state index contributed by atoms with van der Waals surface area (Å²) >= 11 is 8.42. The highest BCUT2D eigenvalue weighted by atomic mass is 127. The minimum absolute atomic E-state index is 0.533. The summed E-state index contributed by atoms with van der Waals surface area (Å²) in [7, 11) is 0. The molecule has 2 aromatic rings. The van der Waals surface area contributed by atoms with E-state index in [1.54, 1.807) is 6.20 Å². The van der Waals surface area contributed by atoms with Crippen LogP contribution < -0.4 is 0 Å². The van der Waals surface area contributed by atoms with Crippen molar-refractivity contribution in [2.75, 3.05) is 0 Å². The van der Waals surface area contributed by atoms with Crippen molar-refractivity contribution in [3.05, 3.63) is 38.3 Å². The minimum atomic E-state index is 0.533. The molecule has 0 saturated heterocycles. The van der Waals surface area contributed by atoms with E-state index < -0.39 is 0 Å². The molecule has 2 aromatic heterocycles. The molecule has 5 heteroatoms. The molecule has 0 amide bonds. The lowest BCUT2D eigenvalue weighted by Crippen LogP contribution is -2.00. The van der Waals surface area contributed by atoms with Gasteiger partial charge in [0.1, 0.15) is 10.8 Å². The Balaban J connectivity index is 2.12. The molecular weight excluding hydrogens is 361 g/mol. The van der Waals surface area contributed by atoms with Gasteiger partial charge in [0, 0.05) is 12.1 Å². The molecule has 92 valence electrons. The Hall–Kier alpha value is -0.750. The van der Waals surface area contributed by atoms with Crippen molar-refractivity contribution >= 4 is 34.2 Å². The lowest BCUT2D eigenvalue weighted by Gasteiger charge is -2.07. The monoisotopic (exact) mass is 371 g/mol. The third-order valence-corrected chi connectivity index (χ3v) is 4.60. The second-order valence-electron chi connectivity index (χ2n) is 4.53. The maximum atomic E-state index is 6.19. The van der Waals surface area contributed by atoms with Crippen LogP contribution in [0.4, 0.5) is 0 Å². The molecule has 0 radical (unpaired) electrons. The third kappa shape index (κ3) is 2.36. The zero-order valence-corrected chi connectivity index (χ0v) is 12.7. The van der Waals surface area contributed by atoms with E-state index in [1.165, 1.54) is 12.8 Å². The van der Waals surface area contributed by atoms with E-state index in [0.717, 1.165) is 20.5 Å². The first-order valence-corrected chi connectivity index (χ1v) is 7.27. The van der Waals surface area contributed by atoms with E-state index in [-0.39, 0.29) is 0 Å². The van der Waals surface area contributed by atoms with Gasteiger partial charge in [-0.25, -0.2) is 9.97 Å². The molecule has 18 heavy (non-hydrogen) atoms. The summed E-state index contributed by atoms with van der Waals surface area (Å²) in [6.07, 6.45) is 4.17. The van der Waals surface area contributed by atoms with Crippen molar-refractivity contribution in [1.29, 1.82) is 0 Å². The molecule has 0 aliphatic heterocycles. The molecule has 2 heterocycles. The van der Waals surface area contributed by atoms with Gasteiger partial charge in [0.25, 0.3) is 0 Å². The largest absolute Gasteiger partial charge is 0.253 e. The number of halogens is 2. The smallest absolute Gasteiger partial charge is 0.179 e. The predicted molar refractivity (Wildman–Crippen MR) is 79.7 cm³/mol. The van der Waals surface area contributed by atoms with Crippen molar-refractivity contribution in [3.8, 4) is 11.5 Å². The Morgan fingerprint density at radius 2 is 2.11 bits per heavy atom. The number of pyridine rings is 1. The molecule has 0 N–H and O–H groups in total. The highest BCUT2D eigenvalue weighted by Gasteiger charge is 2.29. The van der Waals surface area contributed by atoms with Crippen LogP contribution in [0.3, 0.4) is 0 Å². The zero-order chi connectivity index (χ0) is 12.7. The van der Waals surface area contributed by atoms with Crippen LogP contribution in [0.1, 0.15) is 30.0 Å². The van der Waals surface area contributed by atoms with Gasteiger partial charge in [-0.05, 0) is 60.1 Å². The minimum Gasteiger partial charge on any atom is -0.253 e. The Bertz CT molecular complexity index is 611. The van der Waals surface area contributed by atoms with E-state index in [2.05, 4.69) is 37.5 Å². The number of nitrogens with zero attached hydrogens (tertiary/aromatic N) is 3. The second kappa shape index (κ2) is 4.74. The topological polar surface area (TPSA) is 38.7 Å². The summed E-state index contributed by atoms with van der Waals surface area (Å²) in [5, 5.41) is 0.533. The Morgan fingerprint density at radius 1 is 1.33 bits per heavy atom. The van der Waals surface area contributed by atoms with Crippen LogP contribution in [0, 0.1) is 10.5 Å². The van der Waals surface area contributed by atoms with Gasteiger partial charge in [0.2, 0.25) is 0 Å². The standard InChI is InChI=1S/C13H11ClIN3/c1-7-4-5-16-9(6-7)13-17-11(8-2-3-8)10(15)12(14)18-13/h4-6,8H,2-3H2,1H3. The molecule has 1 aliphatic rings. The van der Waals surface area contributed by atoms with E-state index >= 15 is 0 Å². The maximum absolute atomic E-state index is 6.19. The van der Waals surface area contributed by atoms with Crippen molar-refractivity contribution in [1.82, 2.24) is 15.0 Å². The maximum Gasteiger partial charge on any atom is 0.179 e. The van der Waals surface area contributed by atoms with Crippen molar-refractivity contribution < 1.29 is 0 Å². The molecule has 0 atom stereocenters. The zero-order valence-electron chi connectivity index (χ0n) is 9.82. The molecule has 0 bridgehead atoms. The van der Waals surface area contributed by atoms with Crippen molar-refractivity contribution in [2.24, 2.45) is 0 Å². The number of hydrogen-bond acceptors (Lipinski definition) is 3. The Kier molecular flexibility index (Phi) is 3.23. The van der Waals surface area contributed by atoms with Crippen LogP contribution in [-0.4, -0.2) is 15.0 Å². The van der Waals surface area contributed by atoms with Crippen LogP contribution in [0.25, 0.3) is 11.5 Å². The lowest BCUT2D eigenvalue weighted by molar-refractivity contribution is 0.971. The average molecular weight is 372 g/mol. The molecule has 1 aliphatic carbocycles. The first-order valence-electron chi connectivity index (χ1n) is 5.81. The van der Waals surface area contributed by atoms with Crippen molar-refractivity contribution in [2.45, 2.75) is 25.7 Å². The van der Waals surface area contributed by atoms with Gasteiger partial charge in [-0.2, -0.15) is 0 Å². The molecule has 3 rings (SSSR count). The quantitative estimate of drug-likeness (QED) is 0.592. The summed E-state index contributed by atoms with van der Waals surface area (Å²) in [6.45, 7) is 2.03. The molecule has 1 fully saturated rings. The Labute approximate surface area is 124 Å². The number of aromatic nitrogens is 3. The van der Waals surface area contributed by atoms with Crippen LogP contribution in [0.15, 0.2) is 18.3 Å². The normalized spacial score (nSPS) is 14.8. The molecule has 0 aromatic carbocycles. The molecule has 1 saturated carbocycles. The summed E-state index contributed by atoms with van der Waals surface area (Å²) in [4.78, 5) is 13.3. The number of rotatable bonds is 2. The van der Waals surface area contributed by atoms with Crippen LogP contribution in [-0.2, 0) is 0 Å². The molecule has 0 spiro atoms. The summed E-state index contributed by atoms with van der Waals surface area (Å²) in [5.74, 6) is 1.19. The molecular formula is C13H11ClIN3. The highest BCUT2D eigenvalue weighted by molar-refractivity contribution is 14.1. The fraction of sp³-hybridized carbons (Fsp3) is 0.308. The number of hydrogen-bond donors (Lipinski definition) is 0. The van der Waals surface area contributed by atoms with Gasteiger partial charge >= 0.3 is 0 Å². The van der Waals surface area contributed by atoms with Gasteiger partial charge in [-0.3, -0.25) is 4.98 Å². The van der Waals surface area contributed by atoms with Gasteiger partial charge in [-0.15, -0.1) is 0 Å². The van der Waals surface area contributed by atoms with Gasteiger partial charge in [0.05, 0.1) is 9.26 Å². The predicted octanol–water partition coefficient (Wildman–Crippen LogP) is 3.98. The average Bonchev–Trinajstić information content (AvgIpc) is 3.16. The van der Waals surface area contributed by atoms with E-state index in [0.29, 0.717) is 16.9 Å². The third-order valence-electron chi connectivity index (χ3n) is 2.95. The van der Waals surface area contributed by atoms with E-state index in [9.17, 15) is 0 Å². The highest BCUT2D eigenvalue weighted by Crippen LogP contribution is 2.42. The first-order chi connectivity index (χ1) is 8.65. The summed E-state index contributed by atoms with van der Waals surface area (Å²) < 4.78 is 0.980. The van der Waals surface area contributed by atoms with Crippen LogP contribution in [0.2, 0.25) is 5.15 Å². The van der Waals surface area contributed by atoms with Gasteiger partial charge in [-0.1, -0.05) is 11.6 Å². The van der Waals surface area contributed by atoms with E-state index in [4.69, 9.17) is 11.6 Å². The first kappa shape index (κ1) is 12.3. The van der Waals surface area contributed by atoms with Gasteiger partial charge in [0.15, 0.2) is 5.82 Å². The second-order valence-corrected chi connectivity index (χ2v) is 5.97. The fourth-order valence-electron chi connectivity index (χ4n) is 1.84. The number of aryl methyl sites for hydroxylation is 1. The summed E-state index contributed by atoms with van der Waals surface area (Å²) in [5.41, 5.74) is 3.01.